The number of benzene rings is 2. The molecule has 1 fully saturated rings. The number of aliphatic carboxylic acids is 1. The maximum atomic E-state index is 12.4. The average Bonchev–Trinajstić information content (AvgIpc) is 2.61. The molecule has 1 aliphatic heterocycles. The van der Waals surface area contributed by atoms with Gasteiger partial charge in [-0.2, -0.15) is 0 Å². The first-order valence-corrected chi connectivity index (χ1v) is 7.94. The minimum Gasteiger partial charge on any atom is -0.480 e. The summed E-state index contributed by atoms with van der Waals surface area (Å²) in [6, 6.07) is 11.3. The van der Waals surface area contributed by atoms with Gasteiger partial charge in [0.25, 0.3) is 11.6 Å². The lowest BCUT2D eigenvalue weighted by Crippen LogP contribution is -2.62. The maximum Gasteiger partial charge on any atom is 0.323 e. The predicted molar refractivity (Wildman–Crippen MR) is 91.1 cm³/mol. The van der Waals surface area contributed by atoms with Crippen LogP contribution in [0, 0.1) is 10.1 Å². The average molecular weight is 377 g/mol. The van der Waals surface area contributed by atoms with Crippen LogP contribution < -0.4 is 4.74 Å². The summed E-state index contributed by atoms with van der Waals surface area (Å²) in [4.78, 5) is 35.2. The van der Waals surface area contributed by atoms with Crippen LogP contribution in [-0.4, -0.2) is 39.5 Å². The summed E-state index contributed by atoms with van der Waals surface area (Å²) in [5.41, 5.74) is 0.0161. The smallest absolute Gasteiger partial charge is 0.323 e. The number of likely N-dealkylation sites (tertiary alicyclic amines) is 1. The molecule has 1 aliphatic rings. The van der Waals surface area contributed by atoms with Gasteiger partial charge >= 0.3 is 5.97 Å². The quantitative estimate of drug-likeness (QED) is 0.471. The number of nitrogens with zero attached hydrogens (tertiary/aromatic N) is 2. The minimum absolute atomic E-state index is 0.204. The number of nitro groups is 1. The third-order valence-electron chi connectivity index (χ3n) is 3.98. The van der Waals surface area contributed by atoms with E-state index in [4.69, 9.17) is 21.4 Å². The lowest BCUT2D eigenvalue weighted by molar-refractivity contribution is -0.386. The molecule has 8 nitrogen and oxygen atoms in total. The van der Waals surface area contributed by atoms with Gasteiger partial charge in [0.2, 0.25) is 6.10 Å². The van der Waals surface area contributed by atoms with E-state index in [0.717, 1.165) is 4.90 Å². The highest BCUT2D eigenvalue weighted by atomic mass is 35.5. The summed E-state index contributed by atoms with van der Waals surface area (Å²) >= 11 is 5.81. The fourth-order valence-corrected chi connectivity index (χ4v) is 2.97. The standard InChI is InChI=1S/C17H13ClN2O6/c18-10-5-7-11(8-6-10)26-16-15(19(17(16)23)9-14(21)22)12-3-1-2-4-13(12)20(24)25/h1-8,15-16H,9H2,(H,21,22). The van der Waals surface area contributed by atoms with E-state index < -0.39 is 35.5 Å². The Balaban J connectivity index is 1.95. The third kappa shape index (κ3) is 3.31. The van der Waals surface area contributed by atoms with Crippen LogP contribution in [0.3, 0.4) is 0 Å². The number of ether oxygens (including phenoxy) is 1. The Labute approximate surface area is 152 Å². The number of rotatable bonds is 6. The highest BCUT2D eigenvalue weighted by molar-refractivity contribution is 6.30. The van der Waals surface area contributed by atoms with E-state index in [1.807, 2.05) is 0 Å². The molecule has 0 aromatic heterocycles. The topological polar surface area (TPSA) is 110 Å². The summed E-state index contributed by atoms with van der Waals surface area (Å²) in [6.45, 7) is -0.573. The zero-order valence-electron chi connectivity index (χ0n) is 13.2. The molecule has 1 heterocycles. The Bertz CT molecular complexity index is 870. The van der Waals surface area contributed by atoms with Crippen molar-refractivity contribution in [2.45, 2.75) is 12.1 Å². The minimum atomic E-state index is -1.22. The van der Waals surface area contributed by atoms with Crippen LogP contribution in [0.25, 0.3) is 0 Å². The van der Waals surface area contributed by atoms with Crippen molar-refractivity contribution in [3.05, 3.63) is 69.2 Å². The summed E-state index contributed by atoms with van der Waals surface area (Å²) in [6.07, 6.45) is -1.06. The van der Waals surface area contributed by atoms with Gasteiger partial charge in [0.15, 0.2) is 0 Å². The number of hydrogen-bond donors (Lipinski definition) is 1. The van der Waals surface area contributed by atoms with Crippen molar-refractivity contribution in [2.24, 2.45) is 0 Å². The summed E-state index contributed by atoms with van der Waals surface area (Å²) in [7, 11) is 0. The number of carboxylic acid groups (broad SMARTS) is 1. The van der Waals surface area contributed by atoms with Crippen molar-refractivity contribution >= 4 is 29.2 Å². The van der Waals surface area contributed by atoms with E-state index in [1.54, 1.807) is 30.3 Å². The molecule has 2 atom stereocenters. The largest absolute Gasteiger partial charge is 0.480 e. The second-order valence-electron chi connectivity index (χ2n) is 5.61. The zero-order chi connectivity index (χ0) is 18.8. The highest BCUT2D eigenvalue weighted by Gasteiger charge is 2.52. The highest BCUT2D eigenvalue weighted by Crippen LogP contribution is 2.41. The van der Waals surface area contributed by atoms with Crippen LogP contribution >= 0.6 is 11.6 Å². The zero-order valence-corrected chi connectivity index (χ0v) is 14.0. The van der Waals surface area contributed by atoms with Gasteiger partial charge in [-0.15, -0.1) is 0 Å². The first-order valence-electron chi connectivity index (χ1n) is 7.56. The van der Waals surface area contributed by atoms with E-state index in [9.17, 15) is 19.7 Å². The molecule has 0 saturated carbocycles. The van der Waals surface area contributed by atoms with E-state index in [2.05, 4.69) is 0 Å². The van der Waals surface area contributed by atoms with E-state index in [-0.39, 0.29) is 11.3 Å². The number of halogens is 1. The SMILES string of the molecule is O=C(O)CN1C(=O)C(Oc2ccc(Cl)cc2)C1c1ccccc1[N+](=O)[O-]. The summed E-state index contributed by atoms with van der Waals surface area (Å²) in [5, 5.41) is 20.8. The van der Waals surface area contributed by atoms with Gasteiger partial charge in [-0.1, -0.05) is 23.7 Å². The number of hydrogen-bond acceptors (Lipinski definition) is 5. The number of carboxylic acids is 1. The molecule has 0 radical (unpaired) electrons. The molecule has 0 aliphatic carbocycles. The molecule has 9 heteroatoms. The lowest BCUT2D eigenvalue weighted by atomic mass is 9.89. The normalized spacial score (nSPS) is 19.0. The van der Waals surface area contributed by atoms with Gasteiger partial charge < -0.3 is 14.7 Å². The number of amides is 1. The Kier molecular flexibility index (Phi) is 4.77. The first kappa shape index (κ1) is 17.7. The maximum absolute atomic E-state index is 12.4. The van der Waals surface area contributed by atoms with Gasteiger partial charge in [-0.3, -0.25) is 19.7 Å². The number of para-hydroxylation sites is 1. The monoisotopic (exact) mass is 376 g/mol. The molecule has 2 aromatic rings. The van der Waals surface area contributed by atoms with Gasteiger partial charge in [-0.25, -0.2) is 0 Å². The van der Waals surface area contributed by atoms with Crippen LogP contribution in [-0.2, 0) is 9.59 Å². The molecule has 0 spiro atoms. The Hall–Kier alpha value is -3.13. The number of carbonyl (C=O) groups is 2. The van der Waals surface area contributed by atoms with E-state index in [0.29, 0.717) is 10.8 Å². The molecule has 134 valence electrons. The molecule has 2 unspecified atom stereocenters. The lowest BCUT2D eigenvalue weighted by Gasteiger charge is -2.45. The third-order valence-corrected chi connectivity index (χ3v) is 4.24. The molecule has 26 heavy (non-hydrogen) atoms. The number of nitro benzene ring substituents is 1. The van der Waals surface area contributed by atoms with Crippen molar-refractivity contribution in [2.75, 3.05) is 6.54 Å². The summed E-state index contributed by atoms with van der Waals surface area (Å²) in [5.74, 6) is -1.41. The molecule has 1 amide bonds. The molecule has 0 bridgehead atoms. The van der Waals surface area contributed by atoms with Crippen LogP contribution in [0.15, 0.2) is 48.5 Å². The molecule has 2 aromatic carbocycles. The Morgan fingerprint density at radius 2 is 1.88 bits per heavy atom. The first-order chi connectivity index (χ1) is 12.4. The van der Waals surface area contributed by atoms with Gasteiger partial charge in [0.05, 0.1) is 10.5 Å². The predicted octanol–water partition coefficient (Wildman–Crippen LogP) is 2.66. The van der Waals surface area contributed by atoms with Crippen LogP contribution in [0.4, 0.5) is 5.69 Å². The van der Waals surface area contributed by atoms with Gasteiger partial charge in [0, 0.05) is 11.1 Å². The van der Waals surface area contributed by atoms with Crippen molar-refractivity contribution in [1.82, 2.24) is 4.90 Å². The van der Waals surface area contributed by atoms with Crippen molar-refractivity contribution in [3.8, 4) is 5.75 Å². The summed E-state index contributed by atoms with van der Waals surface area (Å²) < 4.78 is 5.67. The second-order valence-corrected chi connectivity index (χ2v) is 6.05. The molecular formula is C17H13ClN2O6. The van der Waals surface area contributed by atoms with Crippen LogP contribution in [0.5, 0.6) is 5.75 Å². The fourth-order valence-electron chi connectivity index (χ4n) is 2.85. The van der Waals surface area contributed by atoms with Gasteiger partial charge in [0.1, 0.15) is 18.3 Å². The fraction of sp³-hybridized carbons (Fsp3) is 0.176. The van der Waals surface area contributed by atoms with Crippen LogP contribution in [0.1, 0.15) is 11.6 Å². The van der Waals surface area contributed by atoms with E-state index in [1.165, 1.54) is 18.2 Å². The van der Waals surface area contributed by atoms with Crippen molar-refractivity contribution in [1.29, 1.82) is 0 Å². The molecule has 1 saturated heterocycles. The van der Waals surface area contributed by atoms with Crippen molar-refractivity contribution in [3.63, 3.8) is 0 Å². The van der Waals surface area contributed by atoms with E-state index >= 15 is 0 Å². The number of carbonyl (C=O) groups excluding carboxylic acids is 1. The molecular weight excluding hydrogens is 364 g/mol. The number of β-lactam (4-membered cyclic amide) rings is 1. The van der Waals surface area contributed by atoms with Crippen LogP contribution in [0.2, 0.25) is 5.02 Å². The molecule has 1 N–H and O–H groups in total. The van der Waals surface area contributed by atoms with Crippen molar-refractivity contribution < 1.29 is 24.4 Å². The Morgan fingerprint density at radius 3 is 2.50 bits per heavy atom. The Morgan fingerprint density at radius 1 is 1.23 bits per heavy atom. The molecule has 3 rings (SSSR count). The second kappa shape index (κ2) is 7.01. The van der Waals surface area contributed by atoms with Gasteiger partial charge in [-0.05, 0) is 30.3 Å².